The van der Waals surface area contributed by atoms with Crippen molar-refractivity contribution >= 4 is 0 Å². The van der Waals surface area contributed by atoms with Gasteiger partial charge in [-0.3, -0.25) is 0 Å². The number of rotatable bonds is 6. The molecule has 17 heavy (non-hydrogen) atoms. The van der Waals surface area contributed by atoms with Crippen LogP contribution in [0.25, 0.3) is 0 Å². The molecule has 4 heteroatoms. The van der Waals surface area contributed by atoms with Crippen LogP contribution in [0.5, 0.6) is 0 Å². The third-order valence-corrected chi connectivity index (χ3v) is 3.76. The van der Waals surface area contributed by atoms with E-state index in [1.165, 1.54) is 19.3 Å². The summed E-state index contributed by atoms with van der Waals surface area (Å²) in [6, 6.07) is 0. The van der Waals surface area contributed by atoms with Crippen molar-refractivity contribution in [3.05, 3.63) is 0 Å². The summed E-state index contributed by atoms with van der Waals surface area (Å²) < 4.78 is 12.0. The van der Waals surface area contributed by atoms with Gasteiger partial charge in [0, 0.05) is 19.4 Å². The second-order valence-corrected chi connectivity index (χ2v) is 5.39. The Morgan fingerprint density at radius 2 is 2.12 bits per heavy atom. The van der Waals surface area contributed by atoms with Crippen molar-refractivity contribution in [2.45, 2.75) is 44.0 Å². The van der Waals surface area contributed by atoms with E-state index in [-0.39, 0.29) is 11.9 Å². The molecule has 2 fully saturated rings. The van der Waals surface area contributed by atoms with Gasteiger partial charge in [0.05, 0.1) is 12.7 Å². The van der Waals surface area contributed by atoms with Crippen LogP contribution >= 0.6 is 0 Å². The molecule has 0 aromatic rings. The fourth-order valence-electron chi connectivity index (χ4n) is 2.85. The van der Waals surface area contributed by atoms with Gasteiger partial charge in [0.15, 0.2) is 5.79 Å². The van der Waals surface area contributed by atoms with Crippen LogP contribution in [0.15, 0.2) is 0 Å². The molecule has 1 spiro atoms. The van der Waals surface area contributed by atoms with Crippen molar-refractivity contribution in [3.8, 4) is 0 Å². The molecule has 0 aromatic carbocycles. The van der Waals surface area contributed by atoms with Crippen molar-refractivity contribution in [3.63, 3.8) is 0 Å². The van der Waals surface area contributed by atoms with E-state index in [1.54, 1.807) is 0 Å². The van der Waals surface area contributed by atoms with Gasteiger partial charge in [-0.25, -0.2) is 0 Å². The van der Waals surface area contributed by atoms with Gasteiger partial charge in [-0.15, -0.1) is 0 Å². The third kappa shape index (κ3) is 3.65. The van der Waals surface area contributed by atoms with Crippen LogP contribution in [-0.2, 0) is 9.47 Å². The molecule has 1 atom stereocenters. The van der Waals surface area contributed by atoms with Crippen molar-refractivity contribution in [2.75, 3.05) is 40.3 Å². The molecule has 0 bridgehead atoms. The zero-order chi connectivity index (χ0) is 12.1. The Morgan fingerprint density at radius 3 is 2.82 bits per heavy atom. The summed E-state index contributed by atoms with van der Waals surface area (Å²) in [7, 11) is 4.16. The summed E-state index contributed by atoms with van der Waals surface area (Å²) in [4.78, 5) is 2.35. The maximum absolute atomic E-state index is 6.11. The third-order valence-electron chi connectivity index (χ3n) is 3.76. The fraction of sp³-hybridized carbons (Fsp3) is 1.00. The number of hydrogen-bond acceptors (Lipinski definition) is 4. The van der Waals surface area contributed by atoms with E-state index in [4.69, 9.17) is 9.47 Å². The van der Waals surface area contributed by atoms with Gasteiger partial charge in [-0.2, -0.15) is 0 Å². The minimum atomic E-state index is -0.198. The first kappa shape index (κ1) is 13.3. The molecule has 1 saturated carbocycles. The van der Waals surface area contributed by atoms with Crippen molar-refractivity contribution in [2.24, 2.45) is 0 Å². The SMILES string of the molecule is CNCCCN(C)CC1COC2(CCCC2)O1. The lowest BCUT2D eigenvalue weighted by molar-refractivity contribution is -0.163. The molecule has 1 aliphatic heterocycles. The van der Waals surface area contributed by atoms with Crippen molar-refractivity contribution < 1.29 is 9.47 Å². The van der Waals surface area contributed by atoms with E-state index in [1.807, 2.05) is 7.05 Å². The van der Waals surface area contributed by atoms with Crippen LogP contribution in [0, 0.1) is 0 Å². The molecule has 1 aliphatic carbocycles. The standard InChI is InChI=1S/C13H26N2O2/c1-14-8-5-9-15(2)10-12-11-16-13(17-12)6-3-4-7-13/h12,14H,3-11H2,1-2H3. The molecule has 0 amide bonds. The molecule has 1 N–H and O–H groups in total. The van der Waals surface area contributed by atoms with E-state index < -0.39 is 0 Å². The zero-order valence-corrected chi connectivity index (χ0v) is 11.2. The van der Waals surface area contributed by atoms with E-state index in [0.29, 0.717) is 0 Å². The lowest BCUT2D eigenvalue weighted by atomic mass is 10.2. The smallest absolute Gasteiger partial charge is 0.168 e. The molecule has 100 valence electrons. The largest absolute Gasteiger partial charge is 0.347 e. The number of ether oxygens (including phenoxy) is 2. The van der Waals surface area contributed by atoms with Gasteiger partial charge >= 0.3 is 0 Å². The highest BCUT2D eigenvalue weighted by Crippen LogP contribution is 2.39. The maximum atomic E-state index is 6.11. The number of nitrogens with one attached hydrogen (secondary N) is 1. The van der Waals surface area contributed by atoms with Gasteiger partial charge < -0.3 is 19.7 Å². The summed E-state index contributed by atoms with van der Waals surface area (Å²) in [5, 5.41) is 3.17. The predicted molar refractivity (Wildman–Crippen MR) is 68.1 cm³/mol. The van der Waals surface area contributed by atoms with Crippen molar-refractivity contribution in [1.82, 2.24) is 10.2 Å². The molecular weight excluding hydrogens is 216 g/mol. The van der Waals surface area contributed by atoms with Crippen LogP contribution in [0.3, 0.4) is 0 Å². The van der Waals surface area contributed by atoms with Crippen LogP contribution in [-0.4, -0.2) is 57.1 Å². The fourth-order valence-corrected chi connectivity index (χ4v) is 2.85. The summed E-state index contributed by atoms with van der Waals surface area (Å²) in [6.45, 7) is 3.96. The van der Waals surface area contributed by atoms with E-state index in [9.17, 15) is 0 Å². The Bertz CT molecular complexity index is 229. The maximum Gasteiger partial charge on any atom is 0.168 e. The molecule has 1 unspecified atom stereocenters. The Morgan fingerprint density at radius 1 is 1.35 bits per heavy atom. The Balaban J connectivity index is 1.66. The Hall–Kier alpha value is -0.160. The summed E-state index contributed by atoms with van der Waals surface area (Å²) >= 11 is 0. The first-order valence-corrected chi connectivity index (χ1v) is 6.89. The quantitative estimate of drug-likeness (QED) is 0.710. The average Bonchev–Trinajstić information content (AvgIpc) is 2.91. The van der Waals surface area contributed by atoms with Gasteiger partial charge in [-0.1, -0.05) is 0 Å². The van der Waals surface area contributed by atoms with Gasteiger partial charge in [-0.05, 0) is 46.4 Å². The van der Waals surface area contributed by atoms with E-state index >= 15 is 0 Å². The highest BCUT2D eigenvalue weighted by atomic mass is 16.7. The van der Waals surface area contributed by atoms with Gasteiger partial charge in [0.25, 0.3) is 0 Å². The van der Waals surface area contributed by atoms with E-state index in [0.717, 1.165) is 39.1 Å². The van der Waals surface area contributed by atoms with Crippen LogP contribution in [0.4, 0.5) is 0 Å². The molecule has 2 rings (SSSR count). The molecule has 0 aromatic heterocycles. The van der Waals surface area contributed by atoms with Crippen LogP contribution in [0.1, 0.15) is 32.1 Å². The number of nitrogens with zero attached hydrogens (tertiary/aromatic N) is 1. The van der Waals surface area contributed by atoms with Gasteiger partial charge in [0.2, 0.25) is 0 Å². The second-order valence-electron chi connectivity index (χ2n) is 5.39. The first-order chi connectivity index (χ1) is 8.24. The summed E-state index contributed by atoms with van der Waals surface area (Å²) in [6.07, 6.45) is 6.15. The number of likely N-dealkylation sites (N-methyl/N-ethyl adjacent to an activating group) is 1. The van der Waals surface area contributed by atoms with Crippen molar-refractivity contribution in [1.29, 1.82) is 0 Å². The predicted octanol–water partition coefficient (Wildman–Crippen LogP) is 1.21. The topological polar surface area (TPSA) is 33.7 Å². The Labute approximate surface area is 105 Å². The minimum absolute atomic E-state index is 0.198. The monoisotopic (exact) mass is 242 g/mol. The highest BCUT2D eigenvalue weighted by Gasteiger charge is 2.43. The molecule has 2 aliphatic rings. The molecule has 0 radical (unpaired) electrons. The number of hydrogen-bond donors (Lipinski definition) is 1. The minimum Gasteiger partial charge on any atom is -0.347 e. The molecule has 1 heterocycles. The van der Waals surface area contributed by atoms with Crippen LogP contribution < -0.4 is 5.32 Å². The molecular formula is C13H26N2O2. The Kier molecular flexibility index (Phi) is 4.79. The molecule has 4 nitrogen and oxygen atoms in total. The average molecular weight is 242 g/mol. The highest BCUT2D eigenvalue weighted by molar-refractivity contribution is 4.84. The van der Waals surface area contributed by atoms with Gasteiger partial charge in [0.1, 0.15) is 0 Å². The zero-order valence-electron chi connectivity index (χ0n) is 11.2. The lowest BCUT2D eigenvalue weighted by Crippen LogP contribution is -2.34. The summed E-state index contributed by atoms with van der Waals surface area (Å²) in [5.74, 6) is -0.198. The summed E-state index contributed by atoms with van der Waals surface area (Å²) in [5.41, 5.74) is 0. The normalized spacial score (nSPS) is 27.4. The van der Waals surface area contributed by atoms with E-state index in [2.05, 4.69) is 17.3 Å². The van der Waals surface area contributed by atoms with Crippen LogP contribution in [0.2, 0.25) is 0 Å². The second kappa shape index (κ2) is 6.14. The first-order valence-electron chi connectivity index (χ1n) is 6.89. The lowest BCUT2D eigenvalue weighted by Gasteiger charge is -2.24. The molecule has 1 saturated heterocycles.